The Morgan fingerprint density at radius 3 is 0.731 bits per heavy atom. The zero-order valence-electron chi connectivity index (χ0n) is 18.0. The second-order valence-electron chi connectivity index (χ2n) is 7.10. The lowest BCUT2D eigenvalue weighted by molar-refractivity contribution is 0.282. The van der Waals surface area contributed by atoms with Crippen molar-refractivity contribution in [1.82, 2.24) is 0 Å². The molecule has 0 saturated heterocycles. The Bertz CT molecular complexity index is 153. The smallest absolute Gasteiger partial charge is 0.0431 e. The van der Waals surface area contributed by atoms with Gasteiger partial charge in [-0.25, -0.2) is 0 Å². The lowest BCUT2D eigenvalue weighted by Crippen LogP contribution is -1.84. The minimum atomic E-state index is 0. The molecule has 0 aliphatic heterocycles. The number of aliphatic hydroxyl groups excluding tert-OH is 2. The molecule has 0 bridgehead atoms. The van der Waals surface area contributed by atoms with Crippen LogP contribution in [0.5, 0.6) is 0 Å². The number of hydrogen-bond acceptors (Lipinski definition) is 2. The summed E-state index contributed by atoms with van der Waals surface area (Å²) in [6, 6.07) is 0. The molecule has 0 aromatic heterocycles. The van der Waals surface area contributed by atoms with E-state index in [9.17, 15) is 0 Å². The van der Waals surface area contributed by atoms with Crippen LogP contribution in [0.25, 0.3) is 0 Å². The number of rotatable bonds is 18. The summed E-state index contributed by atoms with van der Waals surface area (Å²) >= 11 is 0. The van der Waals surface area contributed by atoms with Gasteiger partial charge in [0.1, 0.15) is 0 Å². The van der Waals surface area contributed by atoms with E-state index in [1.54, 1.807) is 0 Å². The molecule has 0 fully saturated rings. The highest BCUT2D eigenvalue weighted by molar-refractivity contribution is 7.59. The Labute approximate surface area is 179 Å². The van der Waals surface area contributed by atoms with Gasteiger partial charge in [0, 0.05) is 13.2 Å². The SMILES string of the molecule is CCCCCCCCCCCO.CCCCCCCCCCCO.S.S. The third-order valence-electron chi connectivity index (χ3n) is 4.52. The minimum Gasteiger partial charge on any atom is -0.396 e. The first-order valence-corrected chi connectivity index (χ1v) is 11.0. The molecule has 26 heavy (non-hydrogen) atoms. The van der Waals surface area contributed by atoms with Gasteiger partial charge < -0.3 is 10.2 Å². The second kappa shape index (κ2) is 36.5. The van der Waals surface area contributed by atoms with Gasteiger partial charge in [-0.2, -0.15) is 27.0 Å². The Balaban J connectivity index is -0.000000173. The summed E-state index contributed by atoms with van der Waals surface area (Å²) in [6.07, 6.45) is 23.7. The van der Waals surface area contributed by atoms with Gasteiger partial charge >= 0.3 is 0 Å². The van der Waals surface area contributed by atoms with E-state index in [1.165, 1.54) is 103 Å². The fourth-order valence-corrected chi connectivity index (χ4v) is 2.84. The van der Waals surface area contributed by atoms with E-state index < -0.39 is 0 Å². The number of unbranched alkanes of at least 4 members (excludes halogenated alkanes) is 16. The summed E-state index contributed by atoms with van der Waals surface area (Å²) < 4.78 is 0. The van der Waals surface area contributed by atoms with Crippen LogP contribution < -0.4 is 0 Å². The number of hydrogen-bond donors (Lipinski definition) is 2. The average molecular weight is 413 g/mol. The van der Waals surface area contributed by atoms with Crippen LogP contribution in [0, 0.1) is 0 Å². The van der Waals surface area contributed by atoms with E-state index in [0.29, 0.717) is 13.2 Å². The van der Waals surface area contributed by atoms with E-state index in [1.807, 2.05) is 0 Å². The van der Waals surface area contributed by atoms with Crippen LogP contribution in [0.3, 0.4) is 0 Å². The molecule has 0 rings (SSSR count). The van der Waals surface area contributed by atoms with Crippen molar-refractivity contribution in [2.75, 3.05) is 13.2 Å². The first-order valence-electron chi connectivity index (χ1n) is 11.0. The molecule has 164 valence electrons. The molecule has 0 aromatic carbocycles. The highest BCUT2D eigenvalue weighted by atomic mass is 32.1. The Morgan fingerprint density at radius 2 is 0.538 bits per heavy atom. The van der Waals surface area contributed by atoms with E-state index >= 15 is 0 Å². The first kappa shape index (κ1) is 34.1. The molecule has 0 aliphatic rings. The van der Waals surface area contributed by atoms with Crippen molar-refractivity contribution in [3.05, 3.63) is 0 Å². The molecule has 0 spiro atoms. The Hall–Kier alpha value is 0.620. The highest BCUT2D eigenvalue weighted by Crippen LogP contribution is 2.09. The number of aliphatic hydroxyl groups is 2. The average Bonchev–Trinajstić information content (AvgIpc) is 2.60. The zero-order chi connectivity index (χ0) is 18.1. The highest BCUT2D eigenvalue weighted by Gasteiger charge is 1.91. The van der Waals surface area contributed by atoms with Gasteiger partial charge in [0.05, 0.1) is 0 Å². The van der Waals surface area contributed by atoms with E-state index in [4.69, 9.17) is 10.2 Å². The Morgan fingerprint density at radius 1 is 0.346 bits per heavy atom. The molecule has 0 aliphatic carbocycles. The lowest BCUT2D eigenvalue weighted by Gasteiger charge is -1.99. The van der Waals surface area contributed by atoms with Gasteiger partial charge in [-0.05, 0) is 12.8 Å². The van der Waals surface area contributed by atoms with Crippen molar-refractivity contribution in [3.8, 4) is 0 Å². The molecule has 0 saturated carbocycles. The summed E-state index contributed by atoms with van der Waals surface area (Å²) in [4.78, 5) is 0. The van der Waals surface area contributed by atoms with Crippen molar-refractivity contribution < 1.29 is 10.2 Å². The normalized spacial score (nSPS) is 9.69. The van der Waals surface area contributed by atoms with Crippen LogP contribution in [0.4, 0.5) is 0 Å². The van der Waals surface area contributed by atoms with Crippen molar-refractivity contribution >= 4 is 27.0 Å². The predicted octanol–water partition coefficient (Wildman–Crippen LogP) is 7.24. The van der Waals surface area contributed by atoms with Crippen molar-refractivity contribution in [2.24, 2.45) is 0 Å². The van der Waals surface area contributed by atoms with Crippen LogP contribution in [-0.2, 0) is 0 Å². The molecule has 0 heterocycles. The summed E-state index contributed by atoms with van der Waals surface area (Å²) in [5, 5.41) is 17.1. The van der Waals surface area contributed by atoms with Gasteiger partial charge in [0.2, 0.25) is 0 Å². The molecule has 0 aromatic rings. The van der Waals surface area contributed by atoms with Crippen molar-refractivity contribution in [3.63, 3.8) is 0 Å². The largest absolute Gasteiger partial charge is 0.396 e. The van der Waals surface area contributed by atoms with E-state index in [-0.39, 0.29) is 27.0 Å². The first-order chi connectivity index (χ1) is 11.8. The fourth-order valence-electron chi connectivity index (χ4n) is 2.84. The van der Waals surface area contributed by atoms with Gasteiger partial charge in [0.15, 0.2) is 0 Å². The third-order valence-corrected chi connectivity index (χ3v) is 4.52. The molecular formula is C22H52O2S2. The standard InChI is InChI=1S/2C11H24O.2H2S/c2*1-2-3-4-5-6-7-8-9-10-11-12;;/h2*12H,2-11H2,1H3;2*1H2. The minimum absolute atomic E-state index is 0. The predicted molar refractivity (Wildman–Crippen MR) is 129 cm³/mol. The zero-order valence-corrected chi connectivity index (χ0v) is 20.0. The maximum Gasteiger partial charge on any atom is 0.0431 e. The Kier molecular flexibility index (Phi) is 48.0. The maximum absolute atomic E-state index is 8.54. The van der Waals surface area contributed by atoms with Gasteiger partial charge in [-0.15, -0.1) is 0 Å². The molecular weight excluding hydrogens is 360 g/mol. The van der Waals surface area contributed by atoms with E-state index in [2.05, 4.69) is 13.8 Å². The summed E-state index contributed by atoms with van der Waals surface area (Å²) in [6.45, 7) is 5.24. The third kappa shape index (κ3) is 39.6. The lowest BCUT2D eigenvalue weighted by atomic mass is 10.1. The van der Waals surface area contributed by atoms with Gasteiger partial charge in [-0.3, -0.25) is 0 Å². The topological polar surface area (TPSA) is 40.5 Å². The monoisotopic (exact) mass is 412 g/mol. The molecule has 4 heteroatoms. The summed E-state index contributed by atoms with van der Waals surface area (Å²) in [5.41, 5.74) is 0. The van der Waals surface area contributed by atoms with Crippen LogP contribution in [-0.4, -0.2) is 23.4 Å². The van der Waals surface area contributed by atoms with E-state index in [0.717, 1.165) is 12.8 Å². The van der Waals surface area contributed by atoms with Crippen molar-refractivity contribution in [2.45, 2.75) is 129 Å². The van der Waals surface area contributed by atoms with Gasteiger partial charge in [-0.1, -0.05) is 117 Å². The van der Waals surface area contributed by atoms with Crippen LogP contribution in [0.2, 0.25) is 0 Å². The van der Waals surface area contributed by atoms with Crippen LogP contribution in [0.1, 0.15) is 129 Å². The molecule has 0 amide bonds. The second-order valence-corrected chi connectivity index (χ2v) is 7.10. The quantitative estimate of drug-likeness (QED) is 0.233. The van der Waals surface area contributed by atoms with Crippen LogP contribution in [0.15, 0.2) is 0 Å². The molecule has 0 atom stereocenters. The van der Waals surface area contributed by atoms with Gasteiger partial charge in [0.25, 0.3) is 0 Å². The molecule has 2 N–H and O–H groups in total. The summed E-state index contributed by atoms with van der Waals surface area (Å²) in [7, 11) is 0. The van der Waals surface area contributed by atoms with Crippen molar-refractivity contribution in [1.29, 1.82) is 0 Å². The molecule has 0 radical (unpaired) electrons. The summed E-state index contributed by atoms with van der Waals surface area (Å²) in [5.74, 6) is 0. The molecule has 0 unspecified atom stereocenters. The molecule has 2 nitrogen and oxygen atoms in total. The fraction of sp³-hybridized carbons (Fsp3) is 1.00. The maximum atomic E-state index is 8.54. The van der Waals surface area contributed by atoms with Crippen LogP contribution >= 0.6 is 27.0 Å².